The number of hydrogen-bond donors (Lipinski definition) is 0. The minimum atomic E-state index is -0.117. The zero-order valence-corrected chi connectivity index (χ0v) is 20.5. The number of aromatic nitrogens is 4. The smallest absolute Gasteiger partial charge is 0.252 e. The first-order valence-electron chi connectivity index (χ1n) is 11.3. The first-order chi connectivity index (χ1) is 16.3. The average Bonchev–Trinajstić information content (AvgIpc) is 3.14. The Kier molecular flexibility index (Phi) is 5.70. The van der Waals surface area contributed by atoms with Crippen LogP contribution in [0.25, 0.3) is 5.95 Å². The molecule has 0 N–H and O–H groups in total. The maximum atomic E-state index is 13.6. The zero-order valence-electron chi connectivity index (χ0n) is 19.7. The Morgan fingerprint density at radius 2 is 1.59 bits per heavy atom. The topological polar surface area (TPSA) is 63.9 Å². The molecule has 6 nitrogen and oxygen atoms in total. The minimum absolute atomic E-state index is 0.0403. The fraction of sp³-hybridized carbons (Fsp3) is 0.259. The van der Waals surface area contributed by atoms with E-state index in [9.17, 15) is 4.79 Å². The fourth-order valence-electron chi connectivity index (χ4n) is 4.66. The summed E-state index contributed by atoms with van der Waals surface area (Å²) in [5, 5.41) is 5.52. The lowest BCUT2D eigenvalue weighted by Crippen LogP contribution is -2.38. The normalized spacial score (nSPS) is 15.5. The lowest BCUT2D eigenvalue weighted by atomic mass is 9.85. The number of amides is 1. The largest absolute Gasteiger partial charge is 0.292 e. The molecule has 5 rings (SSSR count). The van der Waals surface area contributed by atoms with Crippen LogP contribution in [0.5, 0.6) is 0 Å². The minimum Gasteiger partial charge on any atom is -0.292 e. The monoisotopic (exact) mass is 471 g/mol. The van der Waals surface area contributed by atoms with Crippen molar-refractivity contribution in [2.75, 3.05) is 4.90 Å². The molecule has 1 atom stereocenters. The number of carbonyl (C=O) groups excluding carboxylic acids is 1. The fourth-order valence-corrected chi connectivity index (χ4v) is 4.79. The van der Waals surface area contributed by atoms with Crippen molar-refractivity contribution in [3.05, 3.63) is 99.0 Å². The van der Waals surface area contributed by atoms with Crippen LogP contribution < -0.4 is 4.90 Å². The van der Waals surface area contributed by atoms with Gasteiger partial charge in [0.25, 0.3) is 5.95 Å². The van der Waals surface area contributed by atoms with Gasteiger partial charge in [-0.05, 0) is 57.0 Å². The Balaban J connectivity index is 1.70. The molecule has 1 aliphatic heterocycles. The number of benzene rings is 2. The van der Waals surface area contributed by atoms with Crippen molar-refractivity contribution in [1.82, 2.24) is 19.7 Å². The van der Waals surface area contributed by atoms with Gasteiger partial charge in [-0.2, -0.15) is 9.78 Å². The number of nitrogens with zero attached hydrogens (tertiary/aromatic N) is 5. The Morgan fingerprint density at radius 3 is 2.24 bits per heavy atom. The molecule has 7 heteroatoms. The van der Waals surface area contributed by atoms with Gasteiger partial charge in [0.2, 0.25) is 5.91 Å². The van der Waals surface area contributed by atoms with Crippen LogP contribution in [-0.2, 0) is 11.3 Å². The summed E-state index contributed by atoms with van der Waals surface area (Å²) in [6.45, 7) is 8.37. The van der Waals surface area contributed by atoms with E-state index in [1.807, 2.05) is 56.0 Å². The molecule has 0 unspecified atom stereocenters. The van der Waals surface area contributed by atoms with Crippen LogP contribution >= 0.6 is 11.6 Å². The van der Waals surface area contributed by atoms with Crippen molar-refractivity contribution in [3.8, 4) is 5.95 Å². The molecule has 3 heterocycles. The van der Waals surface area contributed by atoms with Crippen LogP contribution in [0.4, 0.5) is 5.82 Å². The third-order valence-corrected chi connectivity index (χ3v) is 6.51. The SMILES string of the molecule is Cc1ccc(CN2C(=O)C[C@H](c3ccc(Cl)cc3)c3c(C)nn(-c4nc(C)cc(C)n4)c32)cc1. The van der Waals surface area contributed by atoms with Crippen LogP contribution in [0.3, 0.4) is 0 Å². The van der Waals surface area contributed by atoms with E-state index in [4.69, 9.17) is 16.7 Å². The Hall–Kier alpha value is -3.51. The van der Waals surface area contributed by atoms with E-state index in [1.54, 1.807) is 4.68 Å². The molecule has 0 bridgehead atoms. The van der Waals surface area contributed by atoms with Gasteiger partial charge >= 0.3 is 0 Å². The number of carbonyl (C=O) groups is 1. The second-order valence-corrected chi connectivity index (χ2v) is 9.40. The molecule has 34 heavy (non-hydrogen) atoms. The van der Waals surface area contributed by atoms with Crippen molar-refractivity contribution < 1.29 is 4.79 Å². The predicted octanol–water partition coefficient (Wildman–Crippen LogP) is 5.62. The number of fused-ring (bicyclic) bond motifs is 1. The molecule has 0 saturated carbocycles. The van der Waals surface area contributed by atoms with Crippen molar-refractivity contribution in [1.29, 1.82) is 0 Å². The number of hydrogen-bond acceptors (Lipinski definition) is 4. The summed E-state index contributed by atoms with van der Waals surface area (Å²) in [7, 11) is 0. The summed E-state index contributed by atoms with van der Waals surface area (Å²) in [4.78, 5) is 24.7. The number of aryl methyl sites for hydroxylation is 4. The number of anilines is 1. The summed E-state index contributed by atoms with van der Waals surface area (Å²) in [5.41, 5.74) is 6.87. The molecule has 172 valence electrons. The average molecular weight is 472 g/mol. The van der Waals surface area contributed by atoms with E-state index >= 15 is 0 Å². The summed E-state index contributed by atoms with van der Waals surface area (Å²) >= 11 is 6.14. The third-order valence-electron chi connectivity index (χ3n) is 6.26. The van der Waals surface area contributed by atoms with Crippen LogP contribution in [0.15, 0.2) is 54.6 Å². The molecule has 2 aromatic heterocycles. The summed E-state index contributed by atoms with van der Waals surface area (Å²) < 4.78 is 1.73. The van der Waals surface area contributed by atoms with E-state index in [0.29, 0.717) is 23.9 Å². The number of rotatable bonds is 4. The van der Waals surface area contributed by atoms with Crippen molar-refractivity contribution >= 4 is 23.3 Å². The van der Waals surface area contributed by atoms with Gasteiger partial charge in [-0.15, -0.1) is 0 Å². The molecular formula is C27H26ClN5O. The molecule has 4 aromatic rings. The zero-order chi connectivity index (χ0) is 24.0. The highest BCUT2D eigenvalue weighted by atomic mass is 35.5. The predicted molar refractivity (Wildman–Crippen MR) is 134 cm³/mol. The highest BCUT2D eigenvalue weighted by Gasteiger charge is 2.38. The van der Waals surface area contributed by atoms with E-state index in [-0.39, 0.29) is 11.8 Å². The van der Waals surface area contributed by atoms with Gasteiger partial charge in [0.15, 0.2) is 0 Å². The van der Waals surface area contributed by atoms with Gasteiger partial charge in [-0.1, -0.05) is 53.6 Å². The lowest BCUT2D eigenvalue weighted by molar-refractivity contribution is -0.119. The summed E-state index contributed by atoms with van der Waals surface area (Å²) in [6, 6.07) is 17.9. The molecule has 0 aliphatic carbocycles. The van der Waals surface area contributed by atoms with Crippen molar-refractivity contribution in [3.63, 3.8) is 0 Å². The Labute approximate surface area is 204 Å². The highest BCUT2D eigenvalue weighted by Crippen LogP contribution is 2.43. The highest BCUT2D eigenvalue weighted by molar-refractivity contribution is 6.30. The number of halogens is 1. The van der Waals surface area contributed by atoms with E-state index in [0.717, 1.165) is 39.6 Å². The van der Waals surface area contributed by atoms with Gasteiger partial charge < -0.3 is 0 Å². The molecule has 0 fully saturated rings. The third kappa shape index (κ3) is 4.10. The molecule has 1 aliphatic rings. The van der Waals surface area contributed by atoms with E-state index in [1.165, 1.54) is 5.56 Å². The van der Waals surface area contributed by atoms with Crippen LogP contribution in [-0.4, -0.2) is 25.7 Å². The second-order valence-electron chi connectivity index (χ2n) is 8.96. The van der Waals surface area contributed by atoms with Gasteiger partial charge in [0.05, 0.1) is 12.2 Å². The lowest BCUT2D eigenvalue weighted by Gasteiger charge is -2.33. The summed E-state index contributed by atoms with van der Waals surface area (Å²) in [5.74, 6) is 1.13. The first-order valence-corrected chi connectivity index (χ1v) is 11.7. The van der Waals surface area contributed by atoms with Crippen molar-refractivity contribution in [2.45, 2.75) is 46.6 Å². The van der Waals surface area contributed by atoms with Gasteiger partial charge in [0, 0.05) is 34.3 Å². The van der Waals surface area contributed by atoms with Gasteiger partial charge in [-0.3, -0.25) is 9.69 Å². The molecule has 0 spiro atoms. The Bertz CT molecular complexity index is 1360. The Morgan fingerprint density at radius 1 is 0.941 bits per heavy atom. The van der Waals surface area contributed by atoms with Crippen LogP contribution in [0.1, 0.15) is 51.7 Å². The first kappa shape index (κ1) is 22.3. The maximum absolute atomic E-state index is 13.6. The molecule has 1 amide bonds. The molecule has 0 radical (unpaired) electrons. The molecular weight excluding hydrogens is 446 g/mol. The quantitative estimate of drug-likeness (QED) is 0.387. The van der Waals surface area contributed by atoms with Crippen LogP contribution in [0.2, 0.25) is 5.02 Å². The molecule has 2 aromatic carbocycles. The maximum Gasteiger partial charge on any atom is 0.252 e. The van der Waals surface area contributed by atoms with Gasteiger partial charge in [-0.25, -0.2) is 9.97 Å². The molecule has 0 saturated heterocycles. The summed E-state index contributed by atoms with van der Waals surface area (Å²) in [6.07, 6.45) is 0.362. The van der Waals surface area contributed by atoms with Crippen LogP contribution in [0, 0.1) is 27.7 Å². The second kappa shape index (κ2) is 8.69. The van der Waals surface area contributed by atoms with Crippen molar-refractivity contribution in [2.24, 2.45) is 0 Å². The van der Waals surface area contributed by atoms with E-state index < -0.39 is 0 Å². The standard InChI is InChI=1S/C27H26ClN5O/c1-16-5-7-20(8-6-16)15-32-24(34)14-23(21-9-11-22(28)12-10-21)25-19(4)31-33(26(25)32)27-29-17(2)13-18(3)30-27/h5-13,23H,14-15H2,1-4H3/t23-/m1/s1. The van der Waals surface area contributed by atoms with E-state index in [2.05, 4.69) is 41.2 Å². The van der Waals surface area contributed by atoms with Gasteiger partial charge in [0.1, 0.15) is 5.82 Å².